The van der Waals surface area contributed by atoms with Gasteiger partial charge in [0.25, 0.3) is 0 Å². The van der Waals surface area contributed by atoms with Gasteiger partial charge in [0.1, 0.15) is 5.82 Å². The van der Waals surface area contributed by atoms with Gasteiger partial charge in [-0.25, -0.2) is 4.39 Å². The molecule has 0 aromatic heterocycles. The quantitative estimate of drug-likeness (QED) is 0.886. The fraction of sp³-hybridized carbons (Fsp3) is 0.188. The lowest BCUT2D eigenvalue weighted by molar-refractivity contribution is 0.618. The minimum atomic E-state index is -0.746. The van der Waals surface area contributed by atoms with Crippen LogP contribution in [0.1, 0.15) is 17.5 Å². The number of nitrogens with one attached hydrogen (secondary N) is 1. The van der Waals surface area contributed by atoms with Crippen LogP contribution in [0.3, 0.4) is 0 Å². The number of halogens is 1. The van der Waals surface area contributed by atoms with Crippen LogP contribution in [0.5, 0.6) is 0 Å². The average Bonchev–Trinajstić information content (AvgIpc) is 2.78. The third-order valence-corrected chi connectivity index (χ3v) is 3.62. The van der Waals surface area contributed by atoms with E-state index in [9.17, 15) is 9.65 Å². The molecule has 0 heterocycles. The van der Waals surface area contributed by atoms with Crippen molar-refractivity contribution in [1.29, 1.82) is 5.26 Å². The van der Waals surface area contributed by atoms with Crippen molar-refractivity contribution in [3.8, 4) is 6.07 Å². The number of nitrogens with zero attached hydrogens (tertiary/aromatic N) is 1. The Morgan fingerprint density at radius 2 is 1.95 bits per heavy atom. The largest absolute Gasteiger partial charge is 0.364 e. The Labute approximate surface area is 111 Å². The summed E-state index contributed by atoms with van der Waals surface area (Å²) in [6.07, 6.45) is 1.39. The molecule has 1 aliphatic rings. The summed E-state index contributed by atoms with van der Waals surface area (Å²) in [6, 6.07) is 16.7. The van der Waals surface area contributed by atoms with Gasteiger partial charge in [-0.05, 0) is 48.2 Å². The lowest BCUT2D eigenvalue weighted by atomic mass is 9.93. The van der Waals surface area contributed by atoms with Crippen molar-refractivity contribution in [3.63, 3.8) is 0 Å². The first kappa shape index (κ1) is 11.7. The van der Waals surface area contributed by atoms with E-state index in [4.69, 9.17) is 0 Å². The van der Waals surface area contributed by atoms with E-state index in [1.165, 1.54) is 12.1 Å². The van der Waals surface area contributed by atoms with Crippen LogP contribution < -0.4 is 5.32 Å². The molecule has 0 amide bonds. The highest BCUT2D eigenvalue weighted by molar-refractivity contribution is 5.55. The second kappa shape index (κ2) is 4.40. The fourth-order valence-corrected chi connectivity index (χ4v) is 2.68. The third-order valence-electron chi connectivity index (χ3n) is 3.62. The molecule has 3 rings (SSSR count). The van der Waals surface area contributed by atoms with Gasteiger partial charge >= 0.3 is 0 Å². The van der Waals surface area contributed by atoms with E-state index in [-0.39, 0.29) is 5.82 Å². The van der Waals surface area contributed by atoms with Crippen molar-refractivity contribution in [2.24, 2.45) is 0 Å². The number of nitriles is 1. The van der Waals surface area contributed by atoms with E-state index in [1.54, 1.807) is 6.07 Å². The summed E-state index contributed by atoms with van der Waals surface area (Å²) < 4.78 is 13.2. The molecule has 2 aromatic rings. The third kappa shape index (κ3) is 1.96. The van der Waals surface area contributed by atoms with Crippen molar-refractivity contribution in [1.82, 2.24) is 0 Å². The molecule has 0 fully saturated rings. The molecule has 3 heteroatoms. The van der Waals surface area contributed by atoms with Crippen LogP contribution in [0.25, 0.3) is 0 Å². The smallest absolute Gasteiger partial charge is 0.151 e. The maximum atomic E-state index is 13.2. The molecular formula is C16H13FN2. The Morgan fingerprint density at radius 1 is 1.16 bits per heavy atom. The number of fused-ring (bicyclic) bond motifs is 1. The van der Waals surface area contributed by atoms with Gasteiger partial charge in [-0.3, -0.25) is 0 Å². The molecule has 0 saturated carbocycles. The first-order valence-corrected chi connectivity index (χ1v) is 6.27. The van der Waals surface area contributed by atoms with Gasteiger partial charge < -0.3 is 5.32 Å². The summed E-state index contributed by atoms with van der Waals surface area (Å²) in [5.41, 5.74) is 1.97. The van der Waals surface area contributed by atoms with Crippen molar-refractivity contribution in [2.45, 2.75) is 18.4 Å². The van der Waals surface area contributed by atoms with Gasteiger partial charge in [0.2, 0.25) is 0 Å². The highest BCUT2D eigenvalue weighted by Gasteiger charge is 2.39. The lowest BCUT2D eigenvalue weighted by Crippen LogP contribution is -2.31. The number of rotatable bonds is 2. The van der Waals surface area contributed by atoms with Crippen LogP contribution in [0.15, 0.2) is 48.5 Å². The average molecular weight is 252 g/mol. The van der Waals surface area contributed by atoms with Gasteiger partial charge in [0.15, 0.2) is 5.54 Å². The maximum Gasteiger partial charge on any atom is 0.151 e. The Balaban J connectivity index is 2.02. The number of aryl methyl sites for hydroxylation is 1. The zero-order valence-corrected chi connectivity index (χ0v) is 10.4. The van der Waals surface area contributed by atoms with Gasteiger partial charge in [-0.15, -0.1) is 0 Å². The van der Waals surface area contributed by atoms with E-state index >= 15 is 0 Å². The molecule has 2 aromatic carbocycles. The van der Waals surface area contributed by atoms with Gasteiger partial charge in [-0.1, -0.05) is 24.3 Å². The van der Waals surface area contributed by atoms with E-state index in [0.29, 0.717) is 6.42 Å². The summed E-state index contributed by atoms with van der Waals surface area (Å²) >= 11 is 0. The maximum absolute atomic E-state index is 13.2. The zero-order chi connectivity index (χ0) is 13.3. The first-order valence-electron chi connectivity index (χ1n) is 6.27. The molecule has 1 atom stereocenters. The molecule has 19 heavy (non-hydrogen) atoms. The minimum absolute atomic E-state index is 0.243. The molecule has 1 aliphatic carbocycles. The van der Waals surface area contributed by atoms with Crippen molar-refractivity contribution in [2.75, 3.05) is 5.32 Å². The predicted molar refractivity (Wildman–Crippen MR) is 72.1 cm³/mol. The number of para-hydroxylation sites is 1. The van der Waals surface area contributed by atoms with Crippen LogP contribution in [0, 0.1) is 17.1 Å². The Bertz CT molecular complexity index is 646. The minimum Gasteiger partial charge on any atom is -0.364 e. The fourth-order valence-electron chi connectivity index (χ4n) is 2.68. The molecular weight excluding hydrogens is 239 g/mol. The Kier molecular flexibility index (Phi) is 2.72. The van der Waals surface area contributed by atoms with E-state index in [2.05, 4.69) is 11.4 Å². The summed E-state index contributed by atoms with van der Waals surface area (Å²) in [4.78, 5) is 0. The normalized spacial score (nSPS) is 20.6. The summed E-state index contributed by atoms with van der Waals surface area (Å²) in [5, 5.41) is 12.9. The first-order chi connectivity index (χ1) is 9.23. The Morgan fingerprint density at radius 3 is 2.68 bits per heavy atom. The molecule has 1 N–H and O–H groups in total. The van der Waals surface area contributed by atoms with E-state index < -0.39 is 5.54 Å². The number of anilines is 1. The predicted octanol–water partition coefficient (Wildman–Crippen LogP) is 3.60. The second-order valence-corrected chi connectivity index (χ2v) is 4.81. The van der Waals surface area contributed by atoms with Crippen LogP contribution in [0.2, 0.25) is 0 Å². The number of benzene rings is 2. The highest BCUT2D eigenvalue weighted by Crippen LogP contribution is 2.39. The molecule has 94 valence electrons. The molecule has 1 unspecified atom stereocenters. The number of hydrogen-bond acceptors (Lipinski definition) is 2. The Hall–Kier alpha value is -2.34. The summed E-state index contributed by atoms with van der Waals surface area (Å²) in [5.74, 6) is -0.243. The number of hydrogen-bond donors (Lipinski definition) is 1. The molecule has 0 spiro atoms. The van der Waals surface area contributed by atoms with Crippen molar-refractivity contribution in [3.05, 3.63) is 65.5 Å². The monoisotopic (exact) mass is 252 g/mol. The standard InChI is InChI=1S/C16H13FN2/c17-13-6-7-15-12(10-13)8-9-16(15,11-18)19-14-4-2-1-3-5-14/h1-7,10,19H,8-9H2. The van der Waals surface area contributed by atoms with Crippen LogP contribution in [-0.2, 0) is 12.0 Å². The zero-order valence-electron chi connectivity index (χ0n) is 10.4. The summed E-state index contributed by atoms with van der Waals surface area (Å²) in [6.45, 7) is 0. The van der Waals surface area contributed by atoms with Crippen molar-refractivity contribution < 1.29 is 4.39 Å². The van der Waals surface area contributed by atoms with Crippen LogP contribution in [0.4, 0.5) is 10.1 Å². The van der Waals surface area contributed by atoms with E-state index in [1.807, 2.05) is 30.3 Å². The molecule has 0 bridgehead atoms. The van der Waals surface area contributed by atoms with Crippen LogP contribution >= 0.6 is 0 Å². The van der Waals surface area contributed by atoms with E-state index in [0.717, 1.165) is 23.2 Å². The molecule has 0 saturated heterocycles. The topological polar surface area (TPSA) is 35.8 Å². The molecule has 2 nitrogen and oxygen atoms in total. The summed E-state index contributed by atoms with van der Waals surface area (Å²) in [7, 11) is 0. The van der Waals surface area contributed by atoms with Gasteiger partial charge in [-0.2, -0.15) is 5.26 Å². The van der Waals surface area contributed by atoms with Crippen molar-refractivity contribution >= 4 is 5.69 Å². The molecule has 0 aliphatic heterocycles. The van der Waals surface area contributed by atoms with Gasteiger partial charge in [0.05, 0.1) is 6.07 Å². The SMILES string of the molecule is N#CC1(Nc2ccccc2)CCc2cc(F)ccc21. The molecule has 0 radical (unpaired) electrons. The van der Waals surface area contributed by atoms with Crippen LogP contribution in [-0.4, -0.2) is 0 Å². The lowest BCUT2D eigenvalue weighted by Gasteiger charge is -2.25. The van der Waals surface area contributed by atoms with Gasteiger partial charge in [0, 0.05) is 5.69 Å². The highest BCUT2D eigenvalue weighted by atomic mass is 19.1. The second-order valence-electron chi connectivity index (χ2n) is 4.81.